The molecule has 0 heterocycles. The van der Waals surface area contributed by atoms with E-state index in [0.717, 1.165) is 57.8 Å². The van der Waals surface area contributed by atoms with Gasteiger partial charge in [0.15, 0.2) is 0 Å². The maximum atomic E-state index is 12.4. The number of carbonyl (C=O) groups is 2. The normalized spacial score (nSPS) is 12.7. The van der Waals surface area contributed by atoms with Gasteiger partial charge in [-0.25, -0.2) is 0 Å². The molecule has 0 radical (unpaired) electrons. The minimum Gasteiger partial charge on any atom is -0.466 e. The number of aliphatic hydroxyl groups excluding tert-OH is 2. The average Bonchev–Trinajstić information content (AvgIpc) is 3.25. The van der Waals surface area contributed by atoms with Gasteiger partial charge in [0.2, 0.25) is 5.91 Å². The number of ether oxygens (including phenoxy) is 1. The summed E-state index contributed by atoms with van der Waals surface area (Å²) in [6.45, 7) is 4.89. The van der Waals surface area contributed by atoms with E-state index in [1.165, 1.54) is 212 Å². The molecule has 0 saturated carbocycles. The monoisotopic (exact) mass is 848 g/mol. The number of amides is 1. The van der Waals surface area contributed by atoms with Crippen molar-refractivity contribution in [3.63, 3.8) is 0 Å². The van der Waals surface area contributed by atoms with Gasteiger partial charge < -0.3 is 20.3 Å². The van der Waals surface area contributed by atoms with Crippen LogP contribution in [0.2, 0.25) is 0 Å². The molecule has 0 spiro atoms. The van der Waals surface area contributed by atoms with E-state index in [1.54, 1.807) is 6.08 Å². The van der Waals surface area contributed by atoms with E-state index in [9.17, 15) is 19.8 Å². The second-order valence-corrected chi connectivity index (χ2v) is 18.6. The van der Waals surface area contributed by atoms with E-state index in [0.29, 0.717) is 19.4 Å². The summed E-state index contributed by atoms with van der Waals surface area (Å²) in [6, 6.07) is -0.636. The Labute approximate surface area is 374 Å². The highest BCUT2D eigenvalue weighted by atomic mass is 16.5. The Hall–Kier alpha value is -1.40. The Morgan fingerprint density at radius 1 is 0.450 bits per heavy atom. The Morgan fingerprint density at radius 2 is 0.767 bits per heavy atom. The van der Waals surface area contributed by atoms with Gasteiger partial charge in [-0.1, -0.05) is 264 Å². The van der Waals surface area contributed by atoms with E-state index >= 15 is 0 Å². The number of carbonyl (C=O) groups excluding carboxylic acids is 2. The molecule has 0 aromatic carbocycles. The van der Waals surface area contributed by atoms with E-state index in [4.69, 9.17) is 4.74 Å². The maximum absolute atomic E-state index is 12.4. The summed E-state index contributed by atoms with van der Waals surface area (Å²) in [5, 5.41) is 23.1. The van der Waals surface area contributed by atoms with Gasteiger partial charge >= 0.3 is 5.97 Å². The van der Waals surface area contributed by atoms with Crippen molar-refractivity contribution in [1.29, 1.82) is 0 Å². The lowest BCUT2D eigenvalue weighted by Gasteiger charge is -2.20. The number of unbranched alkanes of at least 4 members (excludes halogenated alkanes) is 39. The van der Waals surface area contributed by atoms with Gasteiger partial charge in [0.25, 0.3) is 0 Å². The molecule has 356 valence electrons. The van der Waals surface area contributed by atoms with E-state index in [1.807, 2.05) is 6.08 Å². The summed E-state index contributed by atoms with van der Waals surface area (Å²) in [5.41, 5.74) is 0. The first kappa shape index (κ1) is 58.6. The lowest BCUT2D eigenvalue weighted by Crippen LogP contribution is -2.45. The largest absolute Gasteiger partial charge is 0.466 e. The summed E-state index contributed by atoms with van der Waals surface area (Å²) >= 11 is 0. The Balaban J connectivity index is 3.49. The zero-order valence-electron chi connectivity index (χ0n) is 40.5. The van der Waals surface area contributed by atoms with Gasteiger partial charge in [-0.3, -0.25) is 9.59 Å². The van der Waals surface area contributed by atoms with Crippen molar-refractivity contribution in [2.75, 3.05) is 13.2 Å². The topological polar surface area (TPSA) is 95.9 Å². The first-order valence-electron chi connectivity index (χ1n) is 27.0. The maximum Gasteiger partial charge on any atom is 0.305 e. The summed E-state index contributed by atoms with van der Waals surface area (Å²) < 4.78 is 5.45. The minimum atomic E-state index is -0.852. The fraction of sp³-hybridized carbons (Fsp3) is 0.926. The van der Waals surface area contributed by atoms with Crippen LogP contribution in [0.5, 0.6) is 0 Å². The molecular weight excluding hydrogens is 743 g/mol. The smallest absolute Gasteiger partial charge is 0.305 e. The molecule has 0 aromatic rings. The average molecular weight is 848 g/mol. The number of esters is 1. The predicted octanol–water partition coefficient (Wildman–Crippen LogP) is 16.1. The zero-order chi connectivity index (χ0) is 43.7. The van der Waals surface area contributed by atoms with Crippen LogP contribution in [0, 0.1) is 0 Å². The van der Waals surface area contributed by atoms with Crippen LogP contribution in [-0.2, 0) is 14.3 Å². The summed E-state index contributed by atoms with van der Waals surface area (Å²) in [4.78, 5) is 24.4. The molecule has 0 fully saturated rings. The molecule has 2 atom stereocenters. The Kier molecular flexibility index (Phi) is 49.1. The van der Waals surface area contributed by atoms with Gasteiger partial charge in [-0.15, -0.1) is 0 Å². The summed E-state index contributed by atoms with van der Waals surface area (Å²) in [6.07, 6.45) is 57.8. The molecule has 1 amide bonds. The third-order valence-electron chi connectivity index (χ3n) is 12.6. The first-order valence-corrected chi connectivity index (χ1v) is 27.0. The molecular formula is C54H105NO5. The number of rotatable bonds is 50. The van der Waals surface area contributed by atoms with Gasteiger partial charge in [-0.2, -0.15) is 0 Å². The van der Waals surface area contributed by atoms with Crippen LogP contribution in [0.1, 0.15) is 296 Å². The fourth-order valence-electron chi connectivity index (χ4n) is 8.40. The van der Waals surface area contributed by atoms with Gasteiger partial charge in [0.05, 0.1) is 25.4 Å². The van der Waals surface area contributed by atoms with Crippen LogP contribution in [0.25, 0.3) is 0 Å². The van der Waals surface area contributed by atoms with E-state index in [-0.39, 0.29) is 18.5 Å². The van der Waals surface area contributed by atoms with Crippen LogP contribution in [0.3, 0.4) is 0 Å². The molecule has 6 nitrogen and oxygen atoms in total. The molecule has 3 N–H and O–H groups in total. The van der Waals surface area contributed by atoms with E-state index in [2.05, 4.69) is 19.2 Å². The van der Waals surface area contributed by atoms with Crippen LogP contribution in [0.15, 0.2) is 12.2 Å². The number of hydrogen-bond donors (Lipinski definition) is 3. The Bertz CT molecular complexity index is 893. The first-order chi connectivity index (χ1) is 29.5. The van der Waals surface area contributed by atoms with Crippen molar-refractivity contribution >= 4 is 11.9 Å². The minimum absolute atomic E-state index is 0.00574. The van der Waals surface area contributed by atoms with Crippen LogP contribution in [0.4, 0.5) is 0 Å². The SMILES string of the molecule is CCCCCCCCCCCCCCCCCC/C=C/C(O)C(CO)NC(=O)CCCCCCCCCCCCCCCOC(=O)CCCCCCCCCCCCCC. The number of allylic oxidation sites excluding steroid dienone is 1. The van der Waals surface area contributed by atoms with Crippen molar-refractivity contribution < 1.29 is 24.5 Å². The standard InChI is InChI=1S/C54H105NO5/c1-3-5-7-9-11-13-15-17-18-19-20-21-23-26-30-34-38-42-46-52(57)51(50-56)55-53(58)47-43-39-35-31-27-24-22-25-29-33-37-41-45-49-60-54(59)48-44-40-36-32-28-16-14-12-10-8-6-4-2/h42,46,51-52,56-57H,3-41,43-45,47-50H2,1-2H3,(H,55,58)/b46-42+. The van der Waals surface area contributed by atoms with Gasteiger partial charge in [-0.05, 0) is 32.1 Å². The molecule has 0 aromatic heterocycles. The fourth-order valence-corrected chi connectivity index (χ4v) is 8.40. The molecule has 0 aliphatic carbocycles. The third-order valence-corrected chi connectivity index (χ3v) is 12.6. The quantitative estimate of drug-likeness (QED) is 0.0322. The van der Waals surface area contributed by atoms with E-state index < -0.39 is 12.1 Å². The molecule has 0 rings (SSSR count). The number of hydrogen-bond acceptors (Lipinski definition) is 5. The van der Waals surface area contributed by atoms with Crippen molar-refractivity contribution in [3.05, 3.63) is 12.2 Å². The third kappa shape index (κ3) is 46.1. The van der Waals surface area contributed by atoms with Crippen LogP contribution in [-0.4, -0.2) is 47.4 Å². The highest BCUT2D eigenvalue weighted by molar-refractivity contribution is 5.76. The number of aliphatic hydroxyl groups is 2. The Morgan fingerprint density at radius 3 is 1.13 bits per heavy atom. The second-order valence-electron chi connectivity index (χ2n) is 18.6. The summed E-state index contributed by atoms with van der Waals surface area (Å²) in [5.74, 6) is -0.0841. The second kappa shape index (κ2) is 50.2. The van der Waals surface area contributed by atoms with Crippen molar-refractivity contribution in [1.82, 2.24) is 5.32 Å². The molecule has 0 bridgehead atoms. The van der Waals surface area contributed by atoms with Gasteiger partial charge in [0, 0.05) is 12.8 Å². The lowest BCUT2D eigenvalue weighted by atomic mass is 10.0. The molecule has 2 unspecified atom stereocenters. The van der Waals surface area contributed by atoms with Crippen molar-refractivity contribution in [2.24, 2.45) is 0 Å². The number of nitrogens with one attached hydrogen (secondary N) is 1. The molecule has 0 saturated heterocycles. The van der Waals surface area contributed by atoms with Crippen molar-refractivity contribution in [3.8, 4) is 0 Å². The summed E-state index contributed by atoms with van der Waals surface area (Å²) in [7, 11) is 0. The molecule has 0 aliphatic rings. The van der Waals surface area contributed by atoms with Crippen LogP contribution >= 0.6 is 0 Å². The molecule has 0 aliphatic heterocycles. The van der Waals surface area contributed by atoms with Crippen LogP contribution < -0.4 is 5.32 Å². The van der Waals surface area contributed by atoms with Gasteiger partial charge in [0.1, 0.15) is 0 Å². The van der Waals surface area contributed by atoms with Crippen molar-refractivity contribution in [2.45, 2.75) is 309 Å². The lowest BCUT2D eigenvalue weighted by molar-refractivity contribution is -0.143. The zero-order valence-corrected chi connectivity index (χ0v) is 40.5. The highest BCUT2D eigenvalue weighted by Gasteiger charge is 2.18. The predicted molar refractivity (Wildman–Crippen MR) is 260 cm³/mol. The molecule has 60 heavy (non-hydrogen) atoms. The molecule has 6 heteroatoms. The highest BCUT2D eigenvalue weighted by Crippen LogP contribution is 2.17.